The Labute approximate surface area is 224 Å². The van der Waals surface area contributed by atoms with E-state index in [9.17, 15) is 22.8 Å². The molecule has 0 spiro atoms. The number of unbranched alkanes of at least 4 members (excludes halogenated alkanes) is 1. The second-order valence-corrected chi connectivity index (χ2v) is 9.90. The summed E-state index contributed by atoms with van der Waals surface area (Å²) in [4.78, 5) is 34.9. The minimum absolute atomic E-state index is 0.0210. The molecule has 0 aromatic heterocycles. The van der Waals surface area contributed by atoms with E-state index < -0.39 is 18.8 Å². The van der Waals surface area contributed by atoms with Crippen LogP contribution in [0.4, 0.5) is 29.3 Å². The Balaban J connectivity index is 1.79. The number of rotatable bonds is 8. The predicted octanol–water partition coefficient (Wildman–Crippen LogP) is 5.44. The molecule has 2 N–H and O–H groups in total. The van der Waals surface area contributed by atoms with Crippen LogP contribution in [0.15, 0.2) is 46.4 Å². The van der Waals surface area contributed by atoms with Gasteiger partial charge in [-0.25, -0.2) is 9.79 Å². The number of benzene rings is 2. The molecule has 3 rings (SSSR count). The number of halogens is 3. The second kappa shape index (κ2) is 13.1. The van der Waals surface area contributed by atoms with Crippen molar-refractivity contribution < 1.29 is 27.5 Å². The van der Waals surface area contributed by atoms with Crippen molar-refractivity contribution >= 4 is 66.8 Å². The highest BCUT2D eigenvalue weighted by atomic mass is 32.2. The van der Waals surface area contributed by atoms with Crippen molar-refractivity contribution in [1.82, 2.24) is 0 Å². The molecule has 2 aromatic carbocycles. The monoisotopic (exact) mass is 565 g/mol. The summed E-state index contributed by atoms with van der Waals surface area (Å²) in [5.74, 6) is -0.236. The Hall–Kier alpha value is -3.08. The summed E-state index contributed by atoms with van der Waals surface area (Å²) in [6, 6.07) is 9.16. The van der Waals surface area contributed by atoms with Crippen molar-refractivity contribution in [2.24, 2.45) is 9.98 Å². The van der Waals surface area contributed by atoms with Gasteiger partial charge in [-0.05, 0) is 48.5 Å². The molecule has 1 unspecified atom stereocenters. The van der Waals surface area contributed by atoms with Crippen molar-refractivity contribution in [2.75, 3.05) is 22.6 Å². The molecule has 8 nitrogen and oxygen atoms in total. The SMILES string of the molecule is CCCC=NC(=N)c1ccc(NC(=O)/N=C2\SCC(=O)N2c2cc(C)ccc2COCC(F)(F)F)c(P)c1. The van der Waals surface area contributed by atoms with E-state index in [0.29, 0.717) is 27.8 Å². The van der Waals surface area contributed by atoms with Crippen molar-refractivity contribution in [3.8, 4) is 0 Å². The van der Waals surface area contributed by atoms with Gasteiger partial charge in [-0.3, -0.25) is 15.1 Å². The fourth-order valence-corrected chi connectivity index (χ4v) is 4.58. The number of aliphatic imine (C=N–C) groups is 2. The number of amides is 3. The third-order valence-corrected chi connectivity index (χ3v) is 6.57. The molecule has 3 amide bonds. The lowest BCUT2D eigenvalue weighted by Gasteiger charge is -2.21. The standard InChI is InChI=1S/C25H27F3N5O3PS/c1-3-4-9-30-22(29)16-7-8-18(20(37)11-16)31-23(35)32-24-33(21(34)13-38-24)19-10-15(2)5-6-17(19)12-36-14-25(26,27)28/h5-11,29H,3-4,12-14,37H2,1-2H3,(H,31,35)/b29-22?,30-9?,32-24-. The fourth-order valence-electron chi connectivity index (χ4n) is 3.38. The molecule has 1 fully saturated rings. The Morgan fingerprint density at radius 2 is 2.05 bits per heavy atom. The van der Waals surface area contributed by atoms with Crippen molar-refractivity contribution in [2.45, 2.75) is 39.5 Å². The van der Waals surface area contributed by atoms with E-state index in [0.717, 1.165) is 30.2 Å². The number of alkyl halides is 3. The second-order valence-electron chi connectivity index (χ2n) is 8.33. The van der Waals surface area contributed by atoms with Crippen LogP contribution < -0.4 is 15.5 Å². The Kier molecular flexibility index (Phi) is 10.2. The Morgan fingerprint density at radius 3 is 2.74 bits per heavy atom. The zero-order valence-electron chi connectivity index (χ0n) is 20.8. The Bertz CT molecular complexity index is 1280. The van der Waals surface area contributed by atoms with Crippen LogP contribution in [-0.2, 0) is 16.1 Å². The number of carbonyl (C=O) groups is 2. The van der Waals surface area contributed by atoms with E-state index in [-0.39, 0.29) is 29.3 Å². The number of hydrogen-bond donors (Lipinski definition) is 2. The first-order valence-electron chi connectivity index (χ1n) is 11.6. The maximum Gasteiger partial charge on any atom is 0.411 e. The highest BCUT2D eigenvalue weighted by molar-refractivity contribution is 8.15. The van der Waals surface area contributed by atoms with Gasteiger partial charge in [0.2, 0.25) is 5.91 Å². The van der Waals surface area contributed by atoms with E-state index in [2.05, 4.69) is 24.5 Å². The van der Waals surface area contributed by atoms with E-state index in [4.69, 9.17) is 10.1 Å². The summed E-state index contributed by atoms with van der Waals surface area (Å²) in [5, 5.41) is 11.4. The molecule has 1 aliphatic heterocycles. The molecule has 1 saturated heterocycles. The highest BCUT2D eigenvalue weighted by Crippen LogP contribution is 2.31. The van der Waals surface area contributed by atoms with Gasteiger partial charge in [-0.1, -0.05) is 37.2 Å². The van der Waals surface area contributed by atoms with Gasteiger partial charge in [0.25, 0.3) is 0 Å². The lowest BCUT2D eigenvalue weighted by molar-refractivity contribution is -0.176. The van der Waals surface area contributed by atoms with E-state index in [1.807, 2.05) is 6.92 Å². The third kappa shape index (κ3) is 8.21. The molecule has 1 atom stereocenters. The zero-order valence-corrected chi connectivity index (χ0v) is 22.7. The van der Waals surface area contributed by atoms with Crippen molar-refractivity contribution in [1.29, 1.82) is 5.41 Å². The van der Waals surface area contributed by atoms with Crippen LogP contribution >= 0.6 is 21.0 Å². The summed E-state index contributed by atoms with van der Waals surface area (Å²) in [6.45, 7) is 2.00. The topological polar surface area (TPSA) is 107 Å². The van der Waals surface area contributed by atoms with Crippen molar-refractivity contribution in [3.05, 3.63) is 53.1 Å². The lowest BCUT2D eigenvalue weighted by Crippen LogP contribution is -2.31. The van der Waals surface area contributed by atoms with Crippen LogP contribution in [0.1, 0.15) is 36.5 Å². The number of nitrogens with one attached hydrogen (secondary N) is 2. The van der Waals surface area contributed by atoms with Gasteiger partial charge in [0.05, 0.1) is 18.0 Å². The number of anilines is 2. The first-order valence-corrected chi connectivity index (χ1v) is 13.1. The largest absolute Gasteiger partial charge is 0.411 e. The fraction of sp³-hybridized carbons (Fsp3) is 0.320. The highest BCUT2D eigenvalue weighted by Gasteiger charge is 2.33. The average Bonchev–Trinajstić information content (AvgIpc) is 3.20. The minimum atomic E-state index is -4.48. The van der Waals surface area contributed by atoms with Crippen LogP contribution in [0.3, 0.4) is 0 Å². The normalized spacial score (nSPS) is 15.1. The summed E-state index contributed by atoms with van der Waals surface area (Å²) in [7, 11) is 2.49. The molecule has 0 radical (unpaired) electrons. The number of carbonyl (C=O) groups excluding carboxylic acids is 2. The number of hydrogen-bond acceptors (Lipinski definition) is 5. The van der Waals surface area contributed by atoms with E-state index in [1.54, 1.807) is 49.5 Å². The van der Waals surface area contributed by atoms with Gasteiger partial charge in [-0.2, -0.15) is 18.2 Å². The van der Waals surface area contributed by atoms with Crippen LogP contribution in [0.2, 0.25) is 0 Å². The summed E-state index contributed by atoms with van der Waals surface area (Å²) >= 11 is 1.05. The first-order chi connectivity index (χ1) is 18.0. The first kappa shape index (κ1) is 29.5. The lowest BCUT2D eigenvalue weighted by atomic mass is 10.1. The molecule has 202 valence electrons. The molecule has 2 aromatic rings. The van der Waals surface area contributed by atoms with Crippen molar-refractivity contribution in [3.63, 3.8) is 0 Å². The smallest absolute Gasteiger partial charge is 0.367 e. The summed E-state index contributed by atoms with van der Waals surface area (Å²) < 4.78 is 42.5. The predicted molar refractivity (Wildman–Crippen MR) is 149 cm³/mol. The van der Waals surface area contributed by atoms with Gasteiger partial charge >= 0.3 is 12.2 Å². The summed E-state index contributed by atoms with van der Waals surface area (Å²) in [6.07, 6.45) is -1.10. The number of nitrogens with zero attached hydrogens (tertiary/aromatic N) is 3. The summed E-state index contributed by atoms with van der Waals surface area (Å²) in [5.41, 5.74) is 2.46. The van der Waals surface area contributed by atoms with Gasteiger partial charge in [0, 0.05) is 23.0 Å². The Morgan fingerprint density at radius 1 is 1.29 bits per heavy atom. The van der Waals surface area contributed by atoms with E-state index >= 15 is 0 Å². The number of aryl methyl sites for hydroxylation is 1. The van der Waals surface area contributed by atoms with Crippen LogP contribution in [0.25, 0.3) is 0 Å². The third-order valence-electron chi connectivity index (χ3n) is 5.17. The van der Waals surface area contributed by atoms with Gasteiger partial charge in [0.1, 0.15) is 6.61 Å². The zero-order chi connectivity index (χ0) is 27.9. The maximum atomic E-state index is 12.8. The van der Waals surface area contributed by atoms with E-state index in [1.165, 1.54) is 4.90 Å². The molecule has 13 heteroatoms. The molecule has 0 saturated carbocycles. The molecule has 1 aliphatic rings. The number of urea groups is 1. The minimum Gasteiger partial charge on any atom is -0.367 e. The van der Waals surface area contributed by atoms with Crippen LogP contribution in [0.5, 0.6) is 0 Å². The van der Waals surface area contributed by atoms with Gasteiger partial charge in [0.15, 0.2) is 11.0 Å². The van der Waals surface area contributed by atoms with Gasteiger partial charge in [-0.15, -0.1) is 9.24 Å². The van der Waals surface area contributed by atoms with Gasteiger partial charge < -0.3 is 10.1 Å². The molecular weight excluding hydrogens is 538 g/mol. The van der Waals surface area contributed by atoms with Crippen LogP contribution in [-0.4, -0.2) is 47.7 Å². The molecule has 1 heterocycles. The molecular formula is C25H27F3N5O3PS. The maximum absolute atomic E-state index is 12.8. The van der Waals surface area contributed by atoms with Crippen LogP contribution in [0, 0.1) is 12.3 Å². The average molecular weight is 566 g/mol. The molecule has 0 bridgehead atoms. The molecule has 0 aliphatic carbocycles. The number of ether oxygens (including phenoxy) is 1. The quantitative estimate of drug-likeness (QED) is 0.253. The number of amidine groups is 2. The number of thioether (sulfide) groups is 1. The molecule has 38 heavy (non-hydrogen) atoms.